The molecule has 0 unspecified atom stereocenters. The Morgan fingerprint density at radius 2 is 1.72 bits per heavy atom. The summed E-state index contributed by atoms with van der Waals surface area (Å²) in [5.41, 5.74) is 3.30. The number of hydrogen-bond acceptors (Lipinski definition) is 4. The lowest BCUT2D eigenvalue weighted by atomic mass is 10.2. The van der Waals surface area contributed by atoms with E-state index >= 15 is 0 Å². The number of methoxy groups -OCH3 is 2. The fraction of sp³-hybridized carbons (Fsp3) is 0.100. The van der Waals surface area contributed by atoms with Gasteiger partial charge in [0, 0.05) is 29.9 Å². The molecule has 5 nitrogen and oxygen atoms in total. The Labute approximate surface area is 146 Å². The van der Waals surface area contributed by atoms with E-state index in [1.165, 1.54) is 7.11 Å². The molecule has 0 saturated heterocycles. The molecule has 0 amide bonds. The van der Waals surface area contributed by atoms with Crippen LogP contribution in [0.5, 0.6) is 5.75 Å². The normalized spacial score (nSPS) is 10.8. The van der Waals surface area contributed by atoms with Gasteiger partial charge in [0.15, 0.2) is 0 Å². The van der Waals surface area contributed by atoms with Gasteiger partial charge in [0.2, 0.25) is 0 Å². The average molecular weight is 334 g/mol. The topological polar surface area (TPSA) is 52.8 Å². The van der Waals surface area contributed by atoms with Crippen molar-refractivity contribution in [2.75, 3.05) is 14.2 Å². The second-order valence-corrected chi connectivity index (χ2v) is 5.35. The summed E-state index contributed by atoms with van der Waals surface area (Å²) in [5, 5.41) is 0. The van der Waals surface area contributed by atoms with E-state index in [1.807, 2.05) is 47.3 Å². The maximum absolute atomic E-state index is 11.4. The van der Waals surface area contributed by atoms with Crippen molar-refractivity contribution in [1.29, 1.82) is 0 Å². The van der Waals surface area contributed by atoms with Gasteiger partial charge in [0.05, 0.1) is 25.5 Å². The molecule has 0 aliphatic rings. The van der Waals surface area contributed by atoms with Gasteiger partial charge >= 0.3 is 5.97 Å². The number of carbonyl (C=O) groups excluding carboxylic acids is 1. The summed E-state index contributed by atoms with van der Waals surface area (Å²) >= 11 is 0. The molecule has 0 bridgehead atoms. The molecular formula is C20H18N2O3. The van der Waals surface area contributed by atoms with Gasteiger partial charge < -0.3 is 14.0 Å². The van der Waals surface area contributed by atoms with Crippen LogP contribution in [0.4, 0.5) is 5.69 Å². The Hall–Kier alpha value is -3.34. The van der Waals surface area contributed by atoms with Crippen LogP contribution in [0.2, 0.25) is 0 Å². The van der Waals surface area contributed by atoms with Gasteiger partial charge in [-0.15, -0.1) is 0 Å². The highest BCUT2D eigenvalue weighted by molar-refractivity contribution is 5.90. The van der Waals surface area contributed by atoms with E-state index in [9.17, 15) is 4.79 Å². The number of aromatic nitrogens is 1. The number of rotatable bonds is 5. The Morgan fingerprint density at radius 1 is 1.00 bits per heavy atom. The zero-order valence-electron chi connectivity index (χ0n) is 14.0. The molecule has 5 heteroatoms. The van der Waals surface area contributed by atoms with Crippen LogP contribution in [0.3, 0.4) is 0 Å². The van der Waals surface area contributed by atoms with Crippen LogP contribution in [-0.2, 0) is 4.74 Å². The molecule has 126 valence electrons. The predicted octanol–water partition coefficient (Wildman–Crippen LogP) is 4.02. The van der Waals surface area contributed by atoms with E-state index in [4.69, 9.17) is 4.74 Å². The number of carbonyl (C=O) groups is 1. The lowest BCUT2D eigenvalue weighted by molar-refractivity contribution is 0.0601. The molecule has 0 aliphatic carbocycles. The first-order valence-electron chi connectivity index (χ1n) is 7.74. The minimum atomic E-state index is -0.355. The molecule has 0 radical (unpaired) electrons. The summed E-state index contributed by atoms with van der Waals surface area (Å²) in [7, 11) is 3.01. The Bertz CT molecular complexity index is 878. The zero-order chi connectivity index (χ0) is 17.6. The maximum atomic E-state index is 11.4. The molecular weight excluding hydrogens is 316 g/mol. The minimum Gasteiger partial charge on any atom is -0.497 e. The molecule has 0 aliphatic heterocycles. The molecule has 25 heavy (non-hydrogen) atoms. The van der Waals surface area contributed by atoms with Crippen LogP contribution in [0, 0.1) is 0 Å². The first-order chi connectivity index (χ1) is 12.2. The third-order valence-corrected chi connectivity index (χ3v) is 3.74. The predicted molar refractivity (Wildman–Crippen MR) is 97.4 cm³/mol. The minimum absolute atomic E-state index is 0.355. The summed E-state index contributed by atoms with van der Waals surface area (Å²) in [6.07, 6.45) is 5.75. The number of hydrogen-bond donors (Lipinski definition) is 0. The van der Waals surface area contributed by atoms with Gasteiger partial charge in [-0.2, -0.15) is 0 Å². The van der Waals surface area contributed by atoms with Crippen molar-refractivity contribution in [3.05, 3.63) is 78.1 Å². The Kier molecular flexibility index (Phi) is 4.95. The number of nitrogens with zero attached hydrogens (tertiary/aromatic N) is 2. The van der Waals surface area contributed by atoms with Crippen molar-refractivity contribution in [3.8, 4) is 11.4 Å². The van der Waals surface area contributed by atoms with Gasteiger partial charge in [-0.25, -0.2) is 4.79 Å². The van der Waals surface area contributed by atoms with Crippen molar-refractivity contribution >= 4 is 17.9 Å². The molecule has 2 aromatic carbocycles. The summed E-state index contributed by atoms with van der Waals surface area (Å²) in [4.78, 5) is 15.8. The Morgan fingerprint density at radius 3 is 2.36 bits per heavy atom. The van der Waals surface area contributed by atoms with Crippen molar-refractivity contribution in [2.45, 2.75) is 0 Å². The second kappa shape index (κ2) is 7.49. The fourth-order valence-electron chi connectivity index (χ4n) is 2.35. The molecule has 0 spiro atoms. The van der Waals surface area contributed by atoms with E-state index in [2.05, 4.69) is 9.73 Å². The van der Waals surface area contributed by atoms with Crippen LogP contribution >= 0.6 is 0 Å². The monoisotopic (exact) mass is 334 g/mol. The molecule has 0 atom stereocenters. The van der Waals surface area contributed by atoms with Crippen LogP contribution in [0.15, 0.2) is 72.0 Å². The molecule has 0 N–H and O–H groups in total. The summed E-state index contributed by atoms with van der Waals surface area (Å²) < 4.78 is 11.9. The van der Waals surface area contributed by atoms with Crippen molar-refractivity contribution in [2.24, 2.45) is 4.99 Å². The van der Waals surface area contributed by atoms with Crippen LogP contribution in [0.25, 0.3) is 5.69 Å². The second-order valence-electron chi connectivity index (χ2n) is 5.35. The quantitative estimate of drug-likeness (QED) is 0.523. The standard InChI is InChI=1S/C20H18N2O3/c1-24-19-9-7-18(8-10-19)22-12-11-15(14-22)13-21-17-5-3-16(4-6-17)20(23)25-2/h3-14H,1-2H3. The van der Waals surface area contributed by atoms with Crippen molar-refractivity contribution in [1.82, 2.24) is 4.57 Å². The number of esters is 1. The van der Waals surface area contributed by atoms with Crippen LogP contribution in [0.1, 0.15) is 15.9 Å². The average Bonchev–Trinajstić information content (AvgIpc) is 3.15. The summed E-state index contributed by atoms with van der Waals surface area (Å²) in [5.74, 6) is 0.472. The molecule has 0 saturated carbocycles. The van der Waals surface area contributed by atoms with Gasteiger partial charge in [-0.1, -0.05) is 0 Å². The van der Waals surface area contributed by atoms with Crippen LogP contribution in [-0.4, -0.2) is 31.0 Å². The van der Waals surface area contributed by atoms with Gasteiger partial charge in [0.25, 0.3) is 0 Å². The highest BCUT2D eigenvalue weighted by Crippen LogP contribution is 2.17. The SMILES string of the molecule is COC(=O)c1ccc(N=Cc2ccn(-c3ccc(OC)cc3)c2)cc1. The smallest absolute Gasteiger partial charge is 0.337 e. The lowest BCUT2D eigenvalue weighted by Crippen LogP contribution is -1.99. The van der Waals surface area contributed by atoms with Gasteiger partial charge in [-0.05, 0) is 54.6 Å². The van der Waals surface area contributed by atoms with E-state index < -0.39 is 0 Å². The largest absolute Gasteiger partial charge is 0.497 e. The molecule has 1 heterocycles. The number of aliphatic imine (C=N–C) groups is 1. The van der Waals surface area contributed by atoms with E-state index in [-0.39, 0.29) is 5.97 Å². The molecule has 3 aromatic rings. The highest BCUT2D eigenvalue weighted by atomic mass is 16.5. The molecule has 3 rings (SSSR count). The van der Waals surface area contributed by atoms with Gasteiger partial charge in [-0.3, -0.25) is 4.99 Å². The Balaban J connectivity index is 1.72. The van der Waals surface area contributed by atoms with Gasteiger partial charge in [0.1, 0.15) is 5.75 Å². The van der Waals surface area contributed by atoms with Crippen molar-refractivity contribution < 1.29 is 14.3 Å². The fourth-order valence-corrected chi connectivity index (χ4v) is 2.35. The first kappa shape index (κ1) is 16.5. The molecule has 1 aromatic heterocycles. The summed E-state index contributed by atoms with van der Waals surface area (Å²) in [6, 6.07) is 16.8. The number of benzene rings is 2. The zero-order valence-corrected chi connectivity index (χ0v) is 14.0. The third kappa shape index (κ3) is 3.95. The van der Waals surface area contributed by atoms with E-state index in [1.54, 1.807) is 37.6 Å². The molecule has 0 fully saturated rings. The number of ether oxygens (including phenoxy) is 2. The maximum Gasteiger partial charge on any atom is 0.337 e. The first-order valence-corrected chi connectivity index (χ1v) is 7.74. The summed E-state index contributed by atoms with van der Waals surface area (Å²) in [6.45, 7) is 0. The van der Waals surface area contributed by atoms with Crippen molar-refractivity contribution in [3.63, 3.8) is 0 Å². The highest BCUT2D eigenvalue weighted by Gasteiger charge is 2.03. The van der Waals surface area contributed by atoms with E-state index in [0.29, 0.717) is 5.56 Å². The van der Waals surface area contributed by atoms with E-state index in [0.717, 1.165) is 22.7 Å². The van der Waals surface area contributed by atoms with Crippen LogP contribution < -0.4 is 4.74 Å². The third-order valence-electron chi connectivity index (χ3n) is 3.74. The lowest BCUT2D eigenvalue weighted by Gasteiger charge is -2.04.